The van der Waals surface area contributed by atoms with Gasteiger partial charge in [0.15, 0.2) is 0 Å². The molecule has 0 unspecified atom stereocenters. The number of anilines is 1. The van der Waals surface area contributed by atoms with Gasteiger partial charge in [0.2, 0.25) is 0 Å². The number of urea groups is 1. The fourth-order valence-corrected chi connectivity index (χ4v) is 3.11. The maximum atomic E-state index is 13.0. The van der Waals surface area contributed by atoms with Gasteiger partial charge < -0.3 is 10.2 Å². The number of piperazine rings is 1. The molecule has 1 N–H and O–H groups in total. The first kappa shape index (κ1) is 20.4. The van der Waals surface area contributed by atoms with E-state index in [-0.39, 0.29) is 16.5 Å². The molecule has 1 heterocycles. The second-order valence-electron chi connectivity index (χ2n) is 6.51. The SMILES string of the molecule is O=C(Nc1cc(C(F)(F)F)ccc1Cl)N1CCN(Cc2ccc(F)cc2)CC1. The van der Waals surface area contributed by atoms with Gasteiger partial charge >= 0.3 is 12.2 Å². The van der Waals surface area contributed by atoms with Gasteiger partial charge in [-0.05, 0) is 35.9 Å². The molecule has 1 fully saturated rings. The lowest BCUT2D eigenvalue weighted by molar-refractivity contribution is -0.137. The second-order valence-corrected chi connectivity index (χ2v) is 6.92. The van der Waals surface area contributed by atoms with Crippen LogP contribution in [0, 0.1) is 5.82 Å². The van der Waals surface area contributed by atoms with Crippen molar-refractivity contribution >= 4 is 23.3 Å². The summed E-state index contributed by atoms with van der Waals surface area (Å²) >= 11 is 5.92. The normalized spacial score (nSPS) is 15.5. The van der Waals surface area contributed by atoms with Crippen molar-refractivity contribution in [2.45, 2.75) is 12.7 Å². The van der Waals surface area contributed by atoms with Crippen LogP contribution in [0.4, 0.5) is 28.0 Å². The van der Waals surface area contributed by atoms with Crippen LogP contribution < -0.4 is 5.32 Å². The van der Waals surface area contributed by atoms with Crippen molar-refractivity contribution in [1.29, 1.82) is 0 Å². The maximum absolute atomic E-state index is 13.0. The largest absolute Gasteiger partial charge is 0.416 e. The van der Waals surface area contributed by atoms with Crippen molar-refractivity contribution in [3.63, 3.8) is 0 Å². The van der Waals surface area contributed by atoms with E-state index >= 15 is 0 Å². The zero-order valence-corrected chi connectivity index (χ0v) is 15.5. The molecular weight excluding hydrogens is 398 g/mol. The molecule has 0 spiro atoms. The predicted molar refractivity (Wildman–Crippen MR) is 98.7 cm³/mol. The Balaban J connectivity index is 1.56. The quantitative estimate of drug-likeness (QED) is 0.727. The summed E-state index contributed by atoms with van der Waals surface area (Å²) < 4.78 is 51.5. The number of nitrogens with one attached hydrogen (secondary N) is 1. The van der Waals surface area contributed by atoms with Gasteiger partial charge in [-0.3, -0.25) is 4.90 Å². The van der Waals surface area contributed by atoms with Crippen molar-refractivity contribution < 1.29 is 22.4 Å². The molecule has 9 heteroatoms. The predicted octanol–water partition coefficient (Wildman–Crippen LogP) is 4.85. The van der Waals surface area contributed by atoms with E-state index in [4.69, 9.17) is 11.6 Å². The van der Waals surface area contributed by atoms with E-state index < -0.39 is 17.8 Å². The summed E-state index contributed by atoms with van der Waals surface area (Å²) in [6, 6.07) is 8.53. The van der Waals surface area contributed by atoms with E-state index in [1.165, 1.54) is 17.0 Å². The van der Waals surface area contributed by atoms with E-state index in [0.29, 0.717) is 32.7 Å². The number of benzene rings is 2. The lowest BCUT2D eigenvalue weighted by Crippen LogP contribution is -2.49. The number of carbonyl (C=O) groups is 1. The van der Waals surface area contributed by atoms with Crippen molar-refractivity contribution in [2.75, 3.05) is 31.5 Å². The van der Waals surface area contributed by atoms with Crippen LogP contribution in [0.1, 0.15) is 11.1 Å². The van der Waals surface area contributed by atoms with Crippen molar-refractivity contribution in [3.05, 3.63) is 64.4 Å². The second kappa shape index (κ2) is 8.36. The van der Waals surface area contributed by atoms with Crippen molar-refractivity contribution in [1.82, 2.24) is 9.80 Å². The number of alkyl halides is 3. The third-order valence-electron chi connectivity index (χ3n) is 4.51. The monoisotopic (exact) mass is 415 g/mol. The van der Waals surface area contributed by atoms with Crippen LogP contribution in [0.2, 0.25) is 5.02 Å². The number of hydrogen-bond donors (Lipinski definition) is 1. The zero-order valence-electron chi connectivity index (χ0n) is 14.8. The van der Waals surface area contributed by atoms with Gasteiger partial charge in [-0.15, -0.1) is 0 Å². The third-order valence-corrected chi connectivity index (χ3v) is 4.84. The molecule has 0 bridgehead atoms. The molecule has 2 aromatic carbocycles. The highest BCUT2D eigenvalue weighted by Crippen LogP contribution is 2.33. The Hall–Kier alpha value is -2.32. The molecule has 3 rings (SSSR count). The Morgan fingerprint density at radius 3 is 2.29 bits per heavy atom. The highest BCUT2D eigenvalue weighted by atomic mass is 35.5. The molecule has 0 aliphatic carbocycles. The summed E-state index contributed by atoms with van der Waals surface area (Å²) in [5.41, 5.74) is 0.0154. The Kier molecular flexibility index (Phi) is 6.10. The van der Waals surface area contributed by atoms with Gasteiger partial charge in [0.25, 0.3) is 0 Å². The molecule has 2 amide bonds. The average Bonchev–Trinajstić information content (AvgIpc) is 2.65. The van der Waals surface area contributed by atoms with Crippen LogP contribution in [0.3, 0.4) is 0 Å². The van der Waals surface area contributed by atoms with Crippen LogP contribution in [0.25, 0.3) is 0 Å². The van der Waals surface area contributed by atoms with Crippen molar-refractivity contribution in [3.8, 4) is 0 Å². The topological polar surface area (TPSA) is 35.6 Å². The summed E-state index contributed by atoms with van der Waals surface area (Å²) in [6.07, 6.45) is -4.52. The number of hydrogen-bond acceptors (Lipinski definition) is 2. The van der Waals surface area contributed by atoms with E-state index in [2.05, 4.69) is 10.2 Å². The minimum absolute atomic E-state index is 0.0382. The summed E-state index contributed by atoms with van der Waals surface area (Å²) in [7, 11) is 0. The van der Waals surface area contributed by atoms with Gasteiger partial charge in [-0.1, -0.05) is 23.7 Å². The molecule has 0 atom stereocenters. The molecule has 0 saturated carbocycles. The van der Waals surface area contributed by atoms with Gasteiger partial charge in [-0.2, -0.15) is 13.2 Å². The number of carbonyl (C=O) groups excluding carboxylic acids is 1. The molecule has 28 heavy (non-hydrogen) atoms. The molecule has 0 aromatic heterocycles. The summed E-state index contributed by atoms with van der Waals surface area (Å²) in [5.74, 6) is -0.293. The molecule has 4 nitrogen and oxygen atoms in total. The summed E-state index contributed by atoms with van der Waals surface area (Å²) in [4.78, 5) is 16.0. The van der Waals surface area contributed by atoms with Crippen LogP contribution in [-0.4, -0.2) is 42.0 Å². The number of rotatable bonds is 3. The zero-order chi connectivity index (χ0) is 20.3. The van der Waals surface area contributed by atoms with E-state index in [1.54, 1.807) is 12.1 Å². The lowest BCUT2D eigenvalue weighted by Gasteiger charge is -2.34. The van der Waals surface area contributed by atoms with Gasteiger partial charge in [0, 0.05) is 32.7 Å². The minimum Gasteiger partial charge on any atom is -0.322 e. The molecular formula is C19H18ClF4N3O. The lowest BCUT2D eigenvalue weighted by atomic mass is 10.2. The molecule has 0 radical (unpaired) electrons. The Bertz CT molecular complexity index is 834. The highest BCUT2D eigenvalue weighted by molar-refractivity contribution is 6.33. The molecule has 1 aliphatic heterocycles. The van der Waals surface area contributed by atoms with Crippen LogP contribution >= 0.6 is 11.6 Å². The van der Waals surface area contributed by atoms with Crippen LogP contribution in [-0.2, 0) is 12.7 Å². The van der Waals surface area contributed by atoms with Crippen LogP contribution in [0.15, 0.2) is 42.5 Å². The summed E-state index contributed by atoms with van der Waals surface area (Å²) in [6.45, 7) is 2.67. The van der Waals surface area contributed by atoms with Gasteiger partial charge in [-0.25, -0.2) is 9.18 Å². The maximum Gasteiger partial charge on any atom is 0.416 e. The first-order valence-corrected chi connectivity index (χ1v) is 8.99. The fraction of sp³-hybridized carbons (Fsp3) is 0.316. The average molecular weight is 416 g/mol. The van der Waals surface area contributed by atoms with Gasteiger partial charge in [0.05, 0.1) is 16.3 Å². The smallest absolute Gasteiger partial charge is 0.322 e. The number of amides is 2. The fourth-order valence-electron chi connectivity index (χ4n) is 2.95. The van der Waals surface area contributed by atoms with Crippen molar-refractivity contribution in [2.24, 2.45) is 0 Å². The summed E-state index contributed by atoms with van der Waals surface area (Å²) in [5, 5.41) is 2.50. The Labute approximate surface area is 164 Å². The standard InChI is InChI=1S/C19H18ClF4N3O/c20-16-6-3-14(19(22,23)24)11-17(16)25-18(28)27-9-7-26(8-10-27)12-13-1-4-15(21)5-2-13/h1-6,11H,7-10,12H2,(H,25,28). The molecule has 150 valence electrons. The first-order chi connectivity index (χ1) is 13.2. The molecule has 2 aromatic rings. The van der Waals surface area contributed by atoms with E-state index in [9.17, 15) is 22.4 Å². The number of halogens is 5. The minimum atomic E-state index is -4.52. The molecule has 1 aliphatic rings. The van der Waals surface area contributed by atoms with Gasteiger partial charge in [0.1, 0.15) is 5.82 Å². The first-order valence-electron chi connectivity index (χ1n) is 8.62. The highest BCUT2D eigenvalue weighted by Gasteiger charge is 2.31. The van der Waals surface area contributed by atoms with E-state index in [0.717, 1.165) is 23.8 Å². The number of nitrogens with zero attached hydrogens (tertiary/aromatic N) is 2. The molecule has 1 saturated heterocycles. The van der Waals surface area contributed by atoms with E-state index in [1.807, 2.05) is 0 Å². The Morgan fingerprint density at radius 1 is 1.04 bits per heavy atom. The Morgan fingerprint density at radius 2 is 1.68 bits per heavy atom. The van der Waals surface area contributed by atoms with Crippen LogP contribution in [0.5, 0.6) is 0 Å². The third kappa shape index (κ3) is 5.14.